The molecule has 1 N–H and O–H groups in total. The number of carbonyl (C=O) groups excluding carboxylic acids is 3. The minimum atomic E-state index is -4.06. The number of nitrogens with zero attached hydrogens (tertiary/aromatic N) is 2. The first-order valence-electron chi connectivity index (χ1n) is 13.2. The van der Waals surface area contributed by atoms with Gasteiger partial charge in [-0.15, -0.1) is 0 Å². The van der Waals surface area contributed by atoms with Crippen molar-refractivity contribution in [3.8, 4) is 0 Å². The standard InChI is InChI=1S/C30H32BrN3O5S/c1-3-21(2)32-29(36)26(19-22-9-5-4-6-10-22)33(20-23-13-15-24(31)16-14-23)28(35)17-18-34-30(37)25-11-7-8-12-27(25)40(34,38)39/h4-16,21,26H,3,17-20H2,1-2H3,(H,32,36)/t21-,26-/m1/s1. The van der Waals surface area contributed by atoms with E-state index in [9.17, 15) is 22.8 Å². The number of amides is 3. The van der Waals surface area contributed by atoms with Crippen LogP contribution in [0, 0.1) is 0 Å². The van der Waals surface area contributed by atoms with Crippen LogP contribution >= 0.6 is 15.9 Å². The van der Waals surface area contributed by atoms with Crippen LogP contribution in [-0.2, 0) is 32.6 Å². The largest absolute Gasteiger partial charge is 0.352 e. The van der Waals surface area contributed by atoms with Crippen molar-refractivity contribution in [1.29, 1.82) is 0 Å². The molecule has 40 heavy (non-hydrogen) atoms. The summed E-state index contributed by atoms with van der Waals surface area (Å²) in [6.45, 7) is 3.68. The summed E-state index contributed by atoms with van der Waals surface area (Å²) in [7, 11) is -4.06. The maximum atomic E-state index is 13.9. The minimum Gasteiger partial charge on any atom is -0.352 e. The second kappa shape index (κ2) is 12.8. The molecular formula is C30H32BrN3O5S. The number of carbonyl (C=O) groups is 3. The summed E-state index contributed by atoms with van der Waals surface area (Å²) in [5.41, 5.74) is 1.79. The summed E-state index contributed by atoms with van der Waals surface area (Å²) in [4.78, 5) is 41.8. The molecule has 3 amide bonds. The molecule has 4 rings (SSSR count). The van der Waals surface area contributed by atoms with Crippen molar-refractivity contribution in [3.05, 3.63) is 100 Å². The van der Waals surface area contributed by atoms with E-state index in [1.54, 1.807) is 12.1 Å². The number of fused-ring (bicyclic) bond motifs is 1. The van der Waals surface area contributed by atoms with E-state index in [1.165, 1.54) is 17.0 Å². The molecule has 0 unspecified atom stereocenters. The van der Waals surface area contributed by atoms with Crippen molar-refractivity contribution in [2.75, 3.05) is 6.54 Å². The van der Waals surface area contributed by atoms with Gasteiger partial charge < -0.3 is 10.2 Å². The fourth-order valence-electron chi connectivity index (χ4n) is 4.57. The second-order valence-electron chi connectivity index (χ2n) is 9.80. The van der Waals surface area contributed by atoms with E-state index in [4.69, 9.17) is 0 Å². The Hall–Kier alpha value is -3.50. The normalized spacial score (nSPS) is 15.3. The lowest BCUT2D eigenvalue weighted by Crippen LogP contribution is -2.52. The molecule has 0 saturated heterocycles. The van der Waals surface area contributed by atoms with Gasteiger partial charge in [0.2, 0.25) is 11.8 Å². The molecule has 1 aliphatic heterocycles. The first-order chi connectivity index (χ1) is 19.1. The fraction of sp³-hybridized carbons (Fsp3) is 0.300. The third-order valence-electron chi connectivity index (χ3n) is 6.98. The van der Waals surface area contributed by atoms with Gasteiger partial charge in [0.15, 0.2) is 0 Å². The zero-order valence-electron chi connectivity index (χ0n) is 22.4. The SMILES string of the molecule is CC[C@@H](C)NC(=O)[C@@H](Cc1ccccc1)N(Cc1ccc(Br)cc1)C(=O)CCN1C(=O)c2ccccc2S1(=O)=O. The Morgan fingerprint density at radius 1 is 0.950 bits per heavy atom. The molecule has 0 radical (unpaired) electrons. The maximum Gasteiger partial charge on any atom is 0.269 e. The van der Waals surface area contributed by atoms with Gasteiger partial charge in [0, 0.05) is 36.4 Å². The van der Waals surface area contributed by atoms with Crippen molar-refractivity contribution >= 4 is 43.7 Å². The Morgan fingerprint density at radius 3 is 2.25 bits per heavy atom. The van der Waals surface area contributed by atoms with E-state index in [0.717, 1.165) is 26.3 Å². The molecule has 8 nitrogen and oxygen atoms in total. The molecule has 3 aromatic carbocycles. The Kier molecular flexibility index (Phi) is 9.42. The highest BCUT2D eigenvalue weighted by Crippen LogP contribution is 2.30. The van der Waals surface area contributed by atoms with Gasteiger partial charge in [-0.05, 0) is 48.7 Å². The predicted molar refractivity (Wildman–Crippen MR) is 156 cm³/mol. The average Bonchev–Trinajstić information content (AvgIpc) is 3.15. The van der Waals surface area contributed by atoms with Crippen LogP contribution in [0.3, 0.4) is 0 Å². The minimum absolute atomic E-state index is 0.0611. The molecule has 210 valence electrons. The van der Waals surface area contributed by atoms with Gasteiger partial charge in [0.25, 0.3) is 15.9 Å². The summed E-state index contributed by atoms with van der Waals surface area (Å²) in [5.74, 6) is -1.37. The summed E-state index contributed by atoms with van der Waals surface area (Å²) >= 11 is 3.42. The molecule has 3 aromatic rings. The molecule has 0 aromatic heterocycles. The number of rotatable bonds is 11. The summed E-state index contributed by atoms with van der Waals surface area (Å²) in [6, 6.07) is 21.9. The number of sulfonamides is 1. The van der Waals surface area contributed by atoms with Gasteiger partial charge in [0.1, 0.15) is 10.9 Å². The predicted octanol–water partition coefficient (Wildman–Crippen LogP) is 4.54. The second-order valence-corrected chi connectivity index (χ2v) is 12.5. The monoisotopic (exact) mass is 625 g/mol. The average molecular weight is 627 g/mol. The Bertz CT molecular complexity index is 1480. The third-order valence-corrected chi connectivity index (χ3v) is 9.35. The van der Waals surface area contributed by atoms with E-state index >= 15 is 0 Å². The lowest BCUT2D eigenvalue weighted by Gasteiger charge is -2.32. The van der Waals surface area contributed by atoms with Gasteiger partial charge in [0.05, 0.1) is 5.56 Å². The first-order valence-corrected chi connectivity index (χ1v) is 15.4. The number of halogens is 1. The smallest absolute Gasteiger partial charge is 0.269 e. The molecule has 0 fully saturated rings. The summed E-state index contributed by atoms with van der Waals surface area (Å²) < 4.78 is 27.7. The van der Waals surface area contributed by atoms with Crippen LogP contribution in [0.4, 0.5) is 0 Å². The van der Waals surface area contributed by atoms with Crippen molar-refractivity contribution in [2.24, 2.45) is 0 Å². The van der Waals surface area contributed by atoms with Crippen molar-refractivity contribution in [2.45, 2.75) is 56.6 Å². The first kappa shape index (κ1) is 29.5. The van der Waals surface area contributed by atoms with Crippen LogP contribution < -0.4 is 5.32 Å². The van der Waals surface area contributed by atoms with Crippen LogP contribution in [-0.4, -0.2) is 54.0 Å². The molecule has 0 saturated carbocycles. The van der Waals surface area contributed by atoms with Gasteiger partial charge in [-0.2, -0.15) is 0 Å². The highest BCUT2D eigenvalue weighted by molar-refractivity contribution is 9.10. The van der Waals surface area contributed by atoms with E-state index in [2.05, 4.69) is 21.2 Å². The topological polar surface area (TPSA) is 104 Å². The van der Waals surface area contributed by atoms with Crippen LogP contribution in [0.15, 0.2) is 88.2 Å². The Morgan fingerprint density at radius 2 is 1.60 bits per heavy atom. The molecule has 10 heteroatoms. The van der Waals surface area contributed by atoms with Crippen LogP contribution in [0.1, 0.15) is 48.2 Å². The summed E-state index contributed by atoms with van der Waals surface area (Å²) in [5, 5.41) is 3.01. The van der Waals surface area contributed by atoms with Gasteiger partial charge in [-0.3, -0.25) is 14.4 Å². The highest BCUT2D eigenvalue weighted by Gasteiger charge is 2.41. The number of benzene rings is 3. The van der Waals surface area contributed by atoms with Gasteiger partial charge in [-0.25, -0.2) is 12.7 Å². The van der Waals surface area contributed by atoms with Crippen LogP contribution in [0.25, 0.3) is 0 Å². The van der Waals surface area contributed by atoms with Crippen LogP contribution in [0.2, 0.25) is 0 Å². The lowest BCUT2D eigenvalue weighted by molar-refractivity contribution is -0.141. The zero-order valence-corrected chi connectivity index (χ0v) is 24.8. The van der Waals surface area contributed by atoms with E-state index in [0.29, 0.717) is 0 Å². The molecule has 1 heterocycles. The maximum absolute atomic E-state index is 13.9. The summed E-state index contributed by atoms with van der Waals surface area (Å²) in [6.07, 6.45) is 0.731. The van der Waals surface area contributed by atoms with Crippen LogP contribution in [0.5, 0.6) is 0 Å². The molecule has 1 aliphatic rings. The van der Waals surface area contributed by atoms with Crippen molar-refractivity contribution in [3.63, 3.8) is 0 Å². The van der Waals surface area contributed by atoms with Gasteiger partial charge >= 0.3 is 0 Å². The third kappa shape index (κ3) is 6.62. The molecule has 0 spiro atoms. The quantitative estimate of drug-likeness (QED) is 0.337. The number of hydrogen-bond acceptors (Lipinski definition) is 5. The van der Waals surface area contributed by atoms with E-state index in [-0.39, 0.29) is 48.3 Å². The Balaban J connectivity index is 1.64. The van der Waals surface area contributed by atoms with Crippen molar-refractivity contribution < 1.29 is 22.8 Å². The molecule has 2 atom stereocenters. The van der Waals surface area contributed by atoms with Crippen molar-refractivity contribution in [1.82, 2.24) is 14.5 Å². The Labute approximate surface area is 243 Å². The lowest BCUT2D eigenvalue weighted by atomic mass is 10.0. The fourth-order valence-corrected chi connectivity index (χ4v) is 6.41. The number of nitrogens with one attached hydrogen (secondary N) is 1. The van der Waals surface area contributed by atoms with E-state index < -0.39 is 27.9 Å². The zero-order chi connectivity index (χ0) is 28.9. The van der Waals surface area contributed by atoms with Gasteiger partial charge in [-0.1, -0.05) is 77.5 Å². The number of hydrogen-bond donors (Lipinski definition) is 1. The van der Waals surface area contributed by atoms with E-state index in [1.807, 2.05) is 68.4 Å². The molecule has 0 bridgehead atoms. The molecule has 0 aliphatic carbocycles. The molecular weight excluding hydrogens is 594 g/mol. The highest BCUT2D eigenvalue weighted by atomic mass is 79.9.